The van der Waals surface area contributed by atoms with Gasteiger partial charge in [0.15, 0.2) is 0 Å². The number of tetrazole rings is 1. The Hall–Kier alpha value is -4.80. The van der Waals surface area contributed by atoms with Crippen LogP contribution in [0.3, 0.4) is 0 Å². The fraction of sp³-hybridized carbons (Fsp3) is 0.419. The molecule has 2 aliphatic rings. The summed E-state index contributed by atoms with van der Waals surface area (Å²) in [5, 5.41) is 24.1. The Morgan fingerprint density at radius 2 is 1.82 bits per heavy atom. The van der Waals surface area contributed by atoms with Gasteiger partial charge in [0.25, 0.3) is 0 Å². The van der Waals surface area contributed by atoms with E-state index in [-0.39, 0.29) is 6.10 Å². The lowest BCUT2D eigenvalue weighted by molar-refractivity contribution is 0.0115. The number of anilines is 3. The van der Waals surface area contributed by atoms with Crippen molar-refractivity contribution >= 4 is 17.3 Å². The van der Waals surface area contributed by atoms with Gasteiger partial charge >= 0.3 is 0 Å². The number of hydrogen-bond acceptors (Lipinski definition) is 12. The van der Waals surface area contributed by atoms with Gasteiger partial charge in [-0.2, -0.15) is 5.26 Å². The lowest BCUT2D eigenvalue weighted by Crippen LogP contribution is -2.49. The highest BCUT2D eigenvalue weighted by Gasteiger charge is 2.26. The molecule has 0 amide bonds. The number of benzene rings is 2. The lowest BCUT2D eigenvalue weighted by atomic mass is 10.0. The third kappa shape index (κ3) is 6.88. The van der Waals surface area contributed by atoms with Crippen LogP contribution in [0.5, 0.6) is 11.5 Å². The Bertz CT molecular complexity index is 1560. The summed E-state index contributed by atoms with van der Waals surface area (Å²) < 4.78 is 18.8. The number of ether oxygens (including phenoxy) is 3. The molecule has 1 unspecified atom stereocenters. The largest absolute Gasteiger partial charge is 0.495 e. The Labute approximate surface area is 256 Å². The van der Waals surface area contributed by atoms with Gasteiger partial charge in [-0.1, -0.05) is 6.07 Å². The quantitative estimate of drug-likeness (QED) is 0.286. The predicted octanol–water partition coefficient (Wildman–Crippen LogP) is 3.52. The first-order valence-electron chi connectivity index (χ1n) is 14.9. The van der Waals surface area contributed by atoms with E-state index in [1.165, 1.54) is 6.33 Å². The molecule has 2 aromatic carbocycles. The van der Waals surface area contributed by atoms with Crippen molar-refractivity contribution in [3.8, 4) is 28.7 Å². The smallest absolute Gasteiger partial charge is 0.227 e. The normalized spacial score (nSPS) is 16.7. The summed E-state index contributed by atoms with van der Waals surface area (Å²) in [6.45, 7) is 8.09. The van der Waals surface area contributed by atoms with E-state index in [1.54, 1.807) is 30.3 Å². The molecule has 2 saturated heterocycles. The minimum absolute atomic E-state index is 0.259. The van der Waals surface area contributed by atoms with Gasteiger partial charge in [0.05, 0.1) is 38.1 Å². The zero-order valence-electron chi connectivity index (χ0n) is 25.0. The Kier molecular flexibility index (Phi) is 9.09. The molecule has 1 N–H and O–H groups in total. The third-order valence-electron chi connectivity index (χ3n) is 8.07. The van der Waals surface area contributed by atoms with Crippen LogP contribution in [-0.4, -0.2) is 93.7 Å². The summed E-state index contributed by atoms with van der Waals surface area (Å²) in [6, 6.07) is 14.4. The molecule has 4 aromatic rings. The van der Waals surface area contributed by atoms with Crippen LogP contribution in [0, 0.1) is 11.3 Å². The highest BCUT2D eigenvalue weighted by molar-refractivity contribution is 5.71. The van der Waals surface area contributed by atoms with E-state index in [1.807, 2.05) is 25.1 Å². The van der Waals surface area contributed by atoms with E-state index in [9.17, 15) is 5.26 Å². The molecule has 4 heterocycles. The fourth-order valence-electron chi connectivity index (χ4n) is 5.76. The summed E-state index contributed by atoms with van der Waals surface area (Å²) in [6.07, 6.45) is 7.04. The van der Waals surface area contributed by atoms with Gasteiger partial charge in [-0.3, -0.25) is 4.90 Å². The van der Waals surface area contributed by atoms with Gasteiger partial charge in [0, 0.05) is 55.9 Å². The van der Waals surface area contributed by atoms with Crippen LogP contribution in [0.4, 0.5) is 17.3 Å². The molecule has 0 spiro atoms. The standard InChI is InChI=1S/C31H36N10O3/c1-22(20-41-21-35-37-38-41)44-30-15-23(3-4-24(30)17-32)25-18-33-31(34-19-25)36-28-16-27(5-6-29(28)42-2)39-9-7-26(8-10-39)40-11-13-43-14-12-40/h3-6,15-16,18-19,21-22,26H,7-14,20H2,1-2H3,(H,33,34,36). The van der Waals surface area contributed by atoms with Crippen LogP contribution in [0.1, 0.15) is 25.3 Å². The minimum atomic E-state index is -0.259. The van der Waals surface area contributed by atoms with E-state index in [2.05, 4.69) is 58.8 Å². The molecule has 2 aromatic heterocycles. The summed E-state index contributed by atoms with van der Waals surface area (Å²) in [5.74, 6) is 1.65. The first kappa shape index (κ1) is 29.3. The first-order valence-corrected chi connectivity index (χ1v) is 14.9. The van der Waals surface area contributed by atoms with E-state index in [0.717, 1.165) is 74.7 Å². The average Bonchev–Trinajstić information content (AvgIpc) is 3.58. The molecule has 2 fully saturated rings. The third-order valence-corrected chi connectivity index (χ3v) is 8.07. The Morgan fingerprint density at radius 3 is 2.52 bits per heavy atom. The van der Waals surface area contributed by atoms with Gasteiger partial charge in [-0.25, -0.2) is 14.6 Å². The van der Waals surface area contributed by atoms with E-state index >= 15 is 0 Å². The first-order chi connectivity index (χ1) is 21.6. The van der Waals surface area contributed by atoms with Crippen molar-refractivity contribution in [1.82, 2.24) is 35.1 Å². The zero-order valence-corrected chi connectivity index (χ0v) is 25.0. The van der Waals surface area contributed by atoms with Crippen LogP contribution >= 0.6 is 0 Å². The van der Waals surface area contributed by atoms with Crippen molar-refractivity contribution < 1.29 is 14.2 Å². The predicted molar refractivity (Wildman–Crippen MR) is 164 cm³/mol. The number of nitrogens with one attached hydrogen (secondary N) is 1. The van der Waals surface area contributed by atoms with Crippen molar-refractivity contribution in [3.05, 3.63) is 60.7 Å². The second-order valence-electron chi connectivity index (χ2n) is 11.0. The molecule has 228 valence electrons. The molecular weight excluding hydrogens is 560 g/mol. The number of rotatable bonds is 10. The van der Waals surface area contributed by atoms with Crippen molar-refractivity contribution in [3.63, 3.8) is 0 Å². The van der Waals surface area contributed by atoms with Gasteiger partial charge in [-0.15, -0.1) is 5.10 Å². The minimum Gasteiger partial charge on any atom is -0.495 e. The second kappa shape index (κ2) is 13.7. The van der Waals surface area contributed by atoms with Gasteiger partial charge in [0.1, 0.15) is 30.0 Å². The summed E-state index contributed by atoms with van der Waals surface area (Å²) in [5.41, 5.74) is 4.01. The summed E-state index contributed by atoms with van der Waals surface area (Å²) >= 11 is 0. The number of morpholine rings is 1. The molecule has 13 heteroatoms. The maximum atomic E-state index is 9.62. The van der Waals surface area contributed by atoms with Gasteiger partial charge in [0.2, 0.25) is 5.95 Å². The van der Waals surface area contributed by atoms with E-state index < -0.39 is 0 Å². The van der Waals surface area contributed by atoms with E-state index in [4.69, 9.17) is 14.2 Å². The number of piperidine rings is 1. The van der Waals surface area contributed by atoms with Crippen LogP contribution in [-0.2, 0) is 11.3 Å². The summed E-state index contributed by atoms with van der Waals surface area (Å²) in [7, 11) is 1.66. The van der Waals surface area contributed by atoms with Crippen LogP contribution in [0.25, 0.3) is 11.1 Å². The number of hydrogen-bond donors (Lipinski definition) is 1. The highest BCUT2D eigenvalue weighted by Crippen LogP contribution is 2.34. The maximum absolute atomic E-state index is 9.62. The number of nitriles is 1. The number of aromatic nitrogens is 6. The molecule has 0 radical (unpaired) electrons. The fourth-order valence-corrected chi connectivity index (χ4v) is 5.76. The molecule has 2 aliphatic heterocycles. The monoisotopic (exact) mass is 596 g/mol. The summed E-state index contributed by atoms with van der Waals surface area (Å²) in [4.78, 5) is 14.2. The Morgan fingerprint density at radius 1 is 1.02 bits per heavy atom. The molecule has 1 atom stereocenters. The highest BCUT2D eigenvalue weighted by atomic mass is 16.5. The molecule has 13 nitrogen and oxygen atoms in total. The van der Waals surface area contributed by atoms with Crippen LogP contribution < -0.4 is 19.7 Å². The average molecular weight is 597 g/mol. The molecule has 44 heavy (non-hydrogen) atoms. The van der Waals surface area contributed by atoms with Gasteiger partial charge in [-0.05, 0) is 66.1 Å². The molecular formula is C31H36N10O3. The number of nitrogens with zero attached hydrogens (tertiary/aromatic N) is 9. The maximum Gasteiger partial charge on any atom is 0.227 e. The SMILES string of the molecule is COc1ccc(N2CCC(N3CCOCC3)CC2)cc1Nc1ncc(-c2ccc(C#N)c(OC(C)Cn3cnnn3)c2)cn1. The molecule has 6 rings (SSSR count). The number of methoxy groups -OCH3 is 1. The second-order valence-corrected chi connectivity index (χ2v) is 11.0. The lowest BCUT2D eigenvalue weighted by Gasteiger charge is -2.41. The van der Waals surface area contributed by atoms with Crippen molar-refractivity contribution in [2.45, 2.75) is 38.5 Å². The topological polar surface area (TPSA) is 139 Å². The Balaban J connectivity index is 1.12. The van der Waals surface area contributed by atoms with E-state index in [0.29, 0.717) is 35.6 Å². The van der Waals surface area contributed by atoms with Crippen molar-refractivity contribution in [2.24, 2.45) is 0 Å². The van der Waals surface area contributed by atoms with Crippen LogP contribution in [0.2, 0.25) is 0 Å². The molecule has 0 saturated carbocycles. The van der Waals surface area contributed by atoms with Crippen molar-refractivity contribution in [2.75, 3.05) is 56.7 Å². The zero-order chi connectivity index (χ0) is 30.3. The van der Waals surface area contributed by atoms with Crippen molar-refractivity contribution in [1.29, 1.82) is 5.26 Å². The molecule has 0 aliphatic carbocycles. The van der Waals surface area contributed by atoms with Crippen LogP contribution in [0.15, 0.2) is 55.1 Å². The van der Waals surface area contributed by atoms with Gasteiger partial charge < -0.3 is 24.4 Å². The molecule has 0 bridgehead atoms.